The Morgan fingerprint density at radius 1 is 1.20 bits per heavy atom. The monoisotopic (exact) mass is 324 g/mol. The highest BCUT2D eigenvalue weighted by Gasteiger charge is 2.18. The van der Waals surface area contributed by atoms with Gasteiger partial charge in [-0.25, -0.2) is 0 Å². The number of halogens is 2. The van der Waals surface area contributed by atoms with Crippen LogP contribution in [0.25, 0.3) is 0 Å². The number of rotatable bonds is 3. The summed E-state index contributed by atoms with van der Waals surface area (Å²) in [6.45, 7) is 2.59. The van der Waals surface area contributed by atoms with Crippen molar-refractivity contribution in [2.24, 2.45) is 8.73 Å². The fraction of sp³-hybridized carbons (Fsp3) is 0.154. The average Bonchev–Trinajstić information content (AvgIpc) is 2.90. The number of benzene rings is 1. The second-order valence-corrected chi connectivity index (χ2v) is 5.64. The number of fused-ring (bicyclic) bond motifs is 1. The van der Waals surface area contributed by atoms with Gasteiger partial charge >= 0.3 is 0 Å². The van der Waals surface area contributed by atoms with Crippen molar-refractivity contribution in [3.8, 4) is 0 Å². The molecule has 20 heavy (non-hydrogen) atoms. The molecule has 4 nitrogen and oxygen atoms in total. The molecule has 1 aliphatic heterocycles. The lowest BCUT2D eigenvalue weighted by molar-refractivity contribution is 1.02. The van der Waals surface area contributed by atoms with Gasteiger partial charge in [0, 0.05) is 6.20 Å². The van der Waals surface area contributed by atoms with Gasteiger partial charge in [0.2, 0.25) is 0 Å². The number of aryl methyl sites for hydroxylation is 1. The van der Waals surface area contributed by atoms with Gasteiger partial charge in [-0.05, 0) is 24.6 Å². The summed E-state index contributed by atoms with van der Waals surface area (Å²) in [6, 6.07) is 5.62. The Bertz CT molecular complexity index is 754. The average molecular weight is 325 g/mol. The lowest BCUT2D eigenvalue weighted by Gasteiger charge is -2.12. The maximum Gasteiger partial charge on any atom is 0.130 e. The third-order valence-corrected chi connectivity index (χ3v) is 4.11. The minimum Gasteiger partial charge on any atom is -0.376 e. The fourth-order valence-corrected chi connectivity index (χ4v) is 3.10. The molecule has 7 heteroatoms. The van der Waals surface area contributed by atoms with Crippen LogP contribution in [-0.2, 0) is 17.9 Å². The van der Waals surface area contributed by atoms with Gasteiger partial charge in [0.15, 0.2) is 0 Å². The lowest BCUT2D eigenvalue weighted by atomic mass is 10.2. The topological polar surface area (TPSA) is 49.6 Å². The highest BCUT2D eigenvalue weighted by Crippen LogP contribution is 2.47. The molecule has 0 bridgehead atoms. The number of hydrogen-bond donors (Lipinski definition) is 1. The number of hydrogen-bond acceptors (Lipinski definition) is 4. The van der Waals surface area contributed by atoms with Crippen LogP contribution in [0.5, 0.6) is 0 Å². The highest BCUT2D eigenvalue weighted by atomic mass is 35.5. The second-order valence-electron chi connectivity index (χ2n) is 4.30. The van der Waals surface area contributed by atoms with Gasteiger partial charge in [-0.3, -0.25) is 4.98 Å². The molecule has 3 rings (SSSR count). The van der Waals surface area contributed by atoms with E-state index in [4.69, 9.17) is 23.2 Å². The quantitative estimate of drug-likeness (QED) is 0.734. The predicted octanol–water partition coefficient (Wildman–Crippen LogP) is 5.04. The largest absolute Gasteiger partial charge is 0.376 e. The van der Waals surface area contributed by atoms with E-state index in [1.165, 1.54) is 0 Å². The predicted molar refractivity (Wildman–Crippen MR) is 84.3 cm³/mol. The van der Waals surface area contributed by atoms with E-state index < -0.39 is 0 Å². The first-order valence-electron chi connectivity index (χ1n) is 5.91. The summed E-state index contributed by atoms with van der Waals surface area (Å²) in [5.41, 5.74) is 4.19. The molecule has 2 aromatic rings. The molecular weight excluding hydrogens is 315 g/mol. The zero-order valence-electron chi connectivity index (χ0n) is 10.5. The summed E-state index contributed by atoms with van der Waals surface area (Å²) < 4.78 is 8.43. The van der Waals surface area contributed by atoms with E-state index in [2.05, 4.69) is 19.0 Å². The Hall–Kier alpha value is -1.43. The van der Waals surface area contributed by atoms with Crippen molar-refractivity contribution >= 4 is 51.6 Å². The Labute approximate surface area is 130 Å². The molecule has 0 saturated carbocycles. The SMILES string of the molecule is Cc1cccnc1CNc1c(Cl)cc(Cl)c2c1N=S=N2. The zero-order chi connectivity index (χ0) is 14.1. The lowest BCUT2D eigenvalue weighted by Crippen LogP contribution is -2.04. The van der Waals surface area contributed by atoms with Crippen molar-refractivity contribution in [1.29, 1.82) is 0 Å². The van der Waals surface area contributed by atoms with Gasteiger partial charge in [-0.15, -0.1) is 0 Å². The Morgan fingerprint density at radius 3 is 2.80 bits per heavy atom. The Kier molecular flexibility index (Phi) is 3.74. The molecule has 0 atom stereocenters. The smallest absolute Gasteiger partial charge is 0.130 e. The van der Waals surface area contributed by atoms with E-state index in [-0.39, 0.29) is 0 Å². The Balaban J connectivity index is 1.91. The van der Waals surface area contributed by atoms with Crippen LogP contribution in [0.3, 0.4) is 0 Å². The summed E-state index contributed by atoms with van der Waals surface area (Å²) in [5, 5.41) is 4.32. The summed E-state index contributed by atoms with van der Waals surface area (Å²) >= 11 is 13.5. The number of anilines is 1. The standard InChI is InChI=1S/C13H10Cl2N4S/c1-7-3-2-4-16-10(7)6-17-11-8(14)5-9(15)12-13(11)19-20-18-12/h2-5,17H,6H2,1H3. The molecule has 0 spiro atoms. The third-order valence-electron chi connectivity index (χ3n) is 2.99. The first-order valence-corrected chi connectivity index (χ1v) is 7.40. The third kappa shape index (κ3) is 2.44. The van der Waals surface area contributed by atoms with Crippen molar-refractivity contribution in [3.63, 3.8) is 0 Å². The summed E-state index contributed by atoms with van der Waals surface area (Å²) in [5.74, 6) is 0. The Morgan fingerprint density at radius 2 is 2.00 bits per heavy atom. The van der Waals surface area contributed by atoms with Crippen molar-refractivity contribution in [3.05, 3.63) is 45.7 Å². The summed E-state index contributed by atoms with van der Waals surface area (Å²) in [6.07, 6.45) is 1.77. The summed E-state index contributed by atoms with van der Waals surface area (Å²) in [4.78, 5) is 4.34. The molecule has 0 aliphatic carbocycles. The van der Waals surface area contributed by atoms with Gasteiger partial charge < -0.3 is 5.32 Å². The van der Waals surface area contributed by atoms with Crippen molar-refractivity contribution in [2.45, 2.75) is 13.5 Å². The van der Waals surface area contributed by atoms with Crippen LogP contribution in [-0.4, -0.2) is 4.98 Å². The molecule has 0 radical (unpaired) electrons. The molecule has 102 valence electrons. The molecule has 1 aliphatic rings. The molecule has 0 fully saturated rings. The van der Waals surface area contributed by atoms with Crippen molar-refractivity contribution in [2.75, 3.05) is 5.32 Å². The maximum atomic E-state index is 6.24. The number of nitrogens with zero attached hydrogens (tertiary/aromatic N) is 3. The van der Waals surface area contributed by atoms with Gasteiger partial charge in [-0.2, -0.15) is 8.73 Å². The van der Waals surface area contributed by atoms with Crippen LogP contribution in [0.4, 0.5) is 17.1 Å². The molecule has 2 heterocycles. The van der Waals surface area contributed by atoms with Crippen LogP contribution in [0.1, 0.15) is 11.3 Å². The van der Waals surface area contributed by atoms with Crippen molar-refractivity contribution in [1.82, 2.24) is 4.98 Å². The van der Waals surface area contributed by atoms with Gasteiger partial charge in [0.25, 0.3) is 0 Å². The van der Waals surface area contributed by atoms with Gasteiger partial charge in [-0.1, -0.05) is 29.3 Å². The van der Waals surface area contributed by atoms with Crippen LogP contribution in [0, 0.1) is 6.92 Å². The van der Waals surface area contributed by atoms with Gasteiger partial charge in [0.05, 0.1) is 39.3 Å². The number of aromatic nitrogens is 1. The molecular formula is C13H10Cl2N4S. The molecule has 1 aromatic carbocycles. The van der Waals surface area contributed by atoms with Gasteiger partial charge in [0.1, 0.15) is 11.4 Å². The second kappa shape index (κ2) is 5.52. The molecule has 0 saturated heterocycles. The van der Waals surface area contributed by atoms with E-state index in [1.54, 1.807) is 12.3 Å². The fourth-order valence-electron chi connectivity index (χ4n) is 1.92. The molecule has 1 aromatic heterocycles. The van der Waals surface area contributed by atoms with Crippen molar-refractivity contribution < 1.29 is 0 Å². The van der Waals surface area contributed by atoms with E-state index in [0.717, 1.165) is 28.3 Å². The van der Waals surface area contributed by atoms with E-state index in [0.29, 0.717) is 28.0 Å². The van der Waals surface area contributed by atoms with E-state index in [9.17, 15) is 0 Å². The first kappa shape index (κ1) is 13.5. The minimum atomic E-state index is 0.512. The number of nitrogens with one attached hydrogen (secondary N) is 1. The van der Waals surface area contributed by atoms with E-state index in [1.807, 2.05) is 19.1 Å². The molecule has 1 N–H and O–H groups in total. The van der Waals surface area contributed by atoms with Crippen LogP contribution < -0.4 is 5.32 Å². The molecule has 0 unspecified atom stereocenters. The first-order chi connectivity index (χ1) is 9.66. The highest BCUT2D eigenvalue weighted by molar-refractivity contribution is 7.58. The number of pyridine rings is 1. The molecule has 0 amide bonds. The van der Waals surface area contributed by atoms with Crippen LogP contribution >= 0.6 is 23.2 Å². The minimum absolute atomic E-state index is 0.512. The van der Waals surface area contributed by atoms with Crippen LogP contribution in [0.2, 0.25) is 10.0 Å². The van der Waals surface area contributed by atoms with E-state index >= 15 is 0 Å². The maximum absolute atomic E-state index is 6.24. The summed E-state index contributed by atoms with van der Waals surface area (Å²) in [7, 11) is 0. The normalized spacial score (nSPS) is 12.2. The zero-order valence-corrected chi connectivity index (χ0v) is 12.9. The van der Waals surface area contributed by atoms with Crippen LogP contribution in [0.15, 0.2) is 33.1 Å².